The van der Waals surface area contributed by atoms with Crippen molar-refractivity contribution >= 4 is 27.1 Å². The van der Waals surface area contributed by atoms with Crippen molar-refractivity contribution in [1.29, 1.82) is 0 Å². The minimum absolute atomic E-state index is 0.0642. The fraction of sp³-hybridized carbons (Fsp3) is 0.333. The lowest BCUT2D eigenvalue weighted by atomic mass is 10.2. The smallest absolute Gasteiger partial charge is 0.274 e. The summed E-state index contributed by atoms with van der Waals surface area (Å²) in [6.45, 7) is 2.61. The van der Waals surface area contributed by atoms with Gasteiger partial charge < -0.3 is 10.2 Å². The topological polar surface area (TPSA) is 79.4 Å². The number of hydrogen-bond acceptors (Lipinski definition) is 5. The van der Waals surface area contributed by atoms with Gasteiger partial charge in [-0.05, 0) is 49.7 Å². The van der Waals surface area contributed by atoms with Crippen LogP contribution in [0.5, 0.6) is 0 Å². The molecule has 1 amide bonds. The van der Waals surface area contributed by atoms with Gasteiger partial charge in [0.2, 0.25) is 0 Å². The van der Waals surface area contributed by atoms with E-state index in [0.29, 0.717) is 18.7 Å². The van der Waals surface area contributed by atoms with Crippen LogP contribution in [0.25, 0.3) is 0 Å². The third kappa shape index (κ3) is 4.19. The summed E-state index contributed by atoms with van der Waals surface area (Å²) in [7, 11) is -2.97. The summed E-state index contributed by atoms with van der Waals surface area (Å²) in [4.78, 5) is 18.4. The Balaban J connectivity index is 1.70. The lowest BCUT2D eigenvalue weighted by Gasteiger charge is -2.28. The molecule has 0 saturated carbocycles. The number of nitrogens with one attached hydrogen (secondary N) is 1. The van der Waals surface area contributed by atoms with Gasteiger partial charge in [0.1, 0.15) is 11.5 Å². The second kappa shape index (κ2) is 7.41. The number of carbonyl (C=O) groups excluding carboxylic acids is 1. The predicted molar refractivity (Wildman–Crippen MR) is 98.7 cm³/mol. The zero-order valence-corrected chi connectivity index (χ0v) is 15.2. The van der Waals surface area contributed by atoms with Crippen molar-refractivity contribution in [2.24, 2.45) is 0 Å². The van der Waals surface area contributed by atoms with E-state index in [-0.39, 0.29) is 29.1 Å². The first kappa shape index (κ1) is 18.3. The number of benzene rings is 1. The molecule has 1 aliphatic rings. The van der Waals surface area contributed by atoms with Gasteiger partial charge in [0.15, 0.2) is 9.84 Å². The van der Waals surface area contributed by atoms with Crippen LogP contribution in [0.3, 0.4) is 0 Å². The Morgan fingerprint density at radius 3 is 2.54 bits per heavy atom. The summed E-state index contributed by atoms with van der Waals surface area (Å²) in [5, 5.41) is 2.65. The highest BCUT2D eigenvalue weighted by molar-refractivity contribution is 7.91. The summed E-state index contributed by atoms with van der Waals surface area (Å²) in [6.07, 6.45) is 2.18. The molecule has 1 aliphatic heterocycles. The normalized spacial score (nSPS) is 18.5. The second-order valence-corrected chi connectivity index (χ2v) is 8.43. The number of carbonyl (C=O) groups is 1. The van der Waals surface area contributed by atoms with Crippen LogP contribution in [-0.4, -0.2) is 43.4 Å². The molecule has 1 unspecified atom stereocenters. The molecular weight excluding hydrogens is 357 g/mol. The molecule has 26 heavy (non-hydrogen) atoms. The molecule has 3 rings (SSSR count). The van der Waals surface area contributed by atoms with E-state index < -0.39 is 15.7 Å². The Hall–Kier alpha value is -2.48. The number of amides is 1. The van der Waals surface area contributed by atoms with E-state index in [9.17, 15) is 17.6 Å². The SMILES string of the molecule is CCN(c1ccc(C(=O)Nc2ccc(F)cc2)nc1)C1CCS(=O)(=O)C1. The van der Waals surface area contributed by atoms with Crippen molar-refractivity contribution < 1.29 is 17.6 Å². The molecule has 2 heterocycles. The van der Waals surface area contributed by atoms with Crippen molar-refractivity contribution in [3.05, 3.63) is 54.1 Å². The Kier molecular flexibility index (Phi) is 5.22. The summed E-state index contributed by atoms with van der Waals surface area (Å²) in [5.41, 5.74) is 1.50. The van der Waals surface area contributed by atoms with Crippen LogP contribution in [0.2, 0.25) is 0 Å². The maximum atomic E-state index is 12.9. The Morgan fingerprint density at radius 1 is 1.27 bits per heavy atom. The number of anilines is 2. The molecular formula is C18H20FN3O3S. The van der Waals surface area contributed by atoms with Crippen molar-refractivity contribution in [2.75, 3.05) is 28.3 Å². The van der Waals surface area contributed by atoms with Crippen molar-refractivity contribution in [1.82, 2.24) is 4.98 Å². The van der Waals surface area contributed by atoms with E-state index in [4.69, 9.17) is 0 Å². The standard InChI is InChI=1S/C18H20FN3O3S/c1-2-22(16-9-10-26(24,25)12-16)15-7-8-17(20-11-15)18(23)21-14-5-3-13(19)4-6-14/h3-8,11,16H,2,9-10,12H2,1H3,(H,21,23). The van der Waals surface area contributed by atoms with Crippen LogP contribution in [0, 0.1) is 5.82 Å². The largest absolute Gasteiger partial charge is 0.367 e. The molecule has 2 aromatic rings. The number of hydrogen-bond donors (Lipinski definition) is 1. The lowest BCUT2D eigenvalue weighted by molar-refractivity contribution is 0.102. The minimum atomic E-state index is -2.97. The maximum Gasteiger partial charge on any atom is 0.274 e. The van der Waals surface area contributed by atoms with E-state index in [2.05, 4.69) is 10.3 Å². The number of halogens is 1. The van der Waals surface area contributed by atoms with Gasteiger partial charge in [0.25, 0.3) is 5.91 Å². The first-order chi connectivity index (χ1) is 12.4. The molecule has 1 fully saturated rings. The summed E-state index contributed by atoms with van der Waals surface area (Å²) < 4.78 is 36.3. The Bertz CT molecular complexity index is 883. The highest BCUT2D eigenvalue weighted by atomic mass is 32.2. The van der Waals surface area contributed by atoms with Crippen LogP contribution >= 0.6 is 0 Å². The van der Waals surface area contributed by atoms with Gasteiger partial charge in [0, 0.05) is 18.3 Å². The molecule has 0 radical (unpaired) electrons. The molecule has 1 aromatic carbocycles. The van der Waals surface area contributed by atoms with Gasteiger partial charge >= 0.3 is 0 Å². The van der Waals surface area contributed by atoms with Gasteiger partial charge in [-0.3, -0.25) is 4.79 Å². The summed E-state index contributed by atoms with van der Waals surface area (Å²) in [5.74, 6) is -0.415. The van der Waals surface area contributed by atoms with Crippen LogP contribution in [0.4, 0.5) is 15.8 Å². The van der Waals surface area contributed by atoms with Crippen molar-refractivity contribution in [3.63, 3.8) is 0 Å². The van der Waals surface area contributed by atoms with Crippen LogP contribution < -0.4 is 10.2 Å². The average molecular weight is 377 g/mol. The van der Waals surface area contributed by atoms with Gasteiger partial charge in [-0.25, -0.2) is 17.8 Å². The molecule has 0 aliphatic carbocycles. The molecule has 1 aromatic heterocycles. The zero-order valence-electron chi connectivity index (χ0n) is 14.4. The Labute approximate surface area is 152 Å². The van der Waals surface area contributed by atoms with E-state index in [1.165, 1.54) is 24.3 Å². The number of sulfone groups is 1. The molecule has 0 spiro atoms. The fourth-order valence-electron chi connectivity index (χ4n) is 3.09. The van der Waals surface area contributed by atoms with Crippen molar-refractivity contribution in [2.45, 2.75) is 19.4 Å². The van der Waals surface area contributed by atoms with E-state index in [1.54, 1.807) is 18.3 Å². The molecule has 1 atom stereocenters. The monoisotopic (exact) mass is 377 g/mol. The maximum absolute atomic E-state index is 12.9. The van der Waals surface area contributed by atoms with Gasteiger partial charge in [-0.1, -0.05) is 0 Å². The zero-order chi connectivity index (χ0) is 18.7. The fourth-order valence-corrected chi connectivity index (χ4v) is 4.82. The highest BCUT2D eigenvalue weighted by Crippen LogP contribution is 2.24. The van der Waals surface area contributed by atoms with E-state index in [1.807, 2.05) is 11.8 Å². The predicted octanol–water partition coefficient (Wildman–Crippen LogP) is 2.49. The minimum Gasteiger partial charge on any atom is -0.367 e. The van der Waals surface area contributed by atoms with E-state index >= 15 is 0 Å². The molecule has 8 heteroatoms. The summed E-state index contributed by atoms with van der Waals surface area (Å²) in [6, 6.07) is 8.77. The van der Waals surface area contributed by atoms with Crippen molar-refractivity contribution in [3.8, 4) is 0 Å². The third-order valence-corrected chi connectivity index (χ3v) is 6.15. The van der Waals surface area contributed by atoms with Gasteiger partial charge in [-0.15, -0.1) is 0 Å². The lowest BCUT2D eigenvalue weighted by Crippen LogP contribution is -2.36. The first-order valence-electron chi connectivity index (χ1n) is 8.38. The van der Waals surface area contributed by atoms with Crippen LogP contribution in [0.15, 0.2) is 42.6 Å². The third-order valence-electron chi connectivity index (χ3n) is 4.40. The number of rotatable bonds is 5. The van der Waals surface area contributed by atoms with Gasteiger partial charge in [-0.2, -0.15) is 0 Å². The second-order valence-electron chi connectivity index (χ2n) is 6.21. The van der Waals surface area contributed by atoms with Gasteiger partial charge in [0.05, 0.1) is 23.4 Å². The number of aromatic nitrogens is 1. The highest BCUT2D eigenvalue weighted by Gasteiger charge is 2.32. The molecule has 6 nitrogen and oxygen atoms in total. The van der Waals surface area contributed by atoms with E-state index in [0.717, 1.165) is 5.69 Å². The molecule has 0 bridgehead atoms. The number of pyridine rings is 1. The average Bonchev–Trinajstić information content (AvgIpc) is 2.98. The summed E-state index contributed by atoms with van der Waals surface area (Å²) >= 11 is 0. The molecule has 1 N–H and O–H groups in total. The molecule has 1 saturated heterocycles. The van der Waals surface area contributed by atoms with Crippen LogP contribution in [0.1, 0.15) is 23.8 Å². The quantitative estimate of drug-likeness (QED) is 0.866. The van der Waals surface area contributed by atoms with Crippen LogP contribution in [-0.2, 0) is 9.84 Å². The number of nitrogens with zero attached hydrogens (tertiary/aromatic N) is 2. The first-order valence-corrected chi connectivity index (χ1v) is 10.2. The molecule has 138 valence electrons. The Morgan fingerprint density at radius 2 is 2.00 bits per heavy atom.